The van der Waals surface area contributed by atoms with Gasteiger partial charge in [-0.3, -0.25) is 14.6 Å². The van der Waals surface area contributed by atoms with Gasteiger partial charge in [-0.2, -0.15) is 0 Å². The van der Waals surface area contributed by atoms with Crippen LogP contribution in [0.2, 0.25) is 0 Å². The number of pyridine rings is 1. The number of rotatable bonds is 3. The summed E-state index contributed by atoms with van der Waals surface area (Å²) in [5.74, 6) is 0.325. The number of likely N-dealkylation sites (tertiary alicyclic amines) is 2. The fourth-order valence-corrected chi connectivity index (χ4v) is 3.59. The maximum absolute atomic E-state index is 12.6. The Morgan fingerprint density at radius 3 is 2.74 bits per heavy atom. The van der Waals surface area contributed by atoms with E-state index in [1.165, 1.54) is 0 Å². The largest absolute Gasteiger partial charge is 0.357 e. The van der Waals surface area contributed by atoms with Crippen molar-refractivity contribution < 1.29 is 9.59 Å². The maximum atomic E-state index is 12.6. The van der Waals surface area contributed by atoms with Gasteiger partial charge >= 0.3 is 0 Å². The Morgan fingerprint density at radius 2 is 2.04 bits per heavy atom. The molecule has 0 bridgehead atoms. The van der Waals surface area contributed by atoms with Crippen LogP contribution in [0.5, 0.6) is 0 Å². The van der Waals surface area contributed by atoms with Gasteiger partial charge in [0, 0.05) is 50.7 Å². The molecule has 6 nitrogen and oxygen atoms in total. The van der Waals surface area contributed by atoms with Gasteiger partial charge in [-0.15, -0.1) is 0 Å². The number of amides is 2. The molecule has 0 saturated carbocycles. The summed E-state index contributed by atoms with van der Waals surface area (Å²) in [6, 6.07) is 7.45. The number of H-pyrrole nitrogens is 1. The lowest BCUT2D eigenvalue weighted by Crippen LogP contribution is -2.35. The summed E-state index contributed by atoms with van der Waals surface area (Å²) in [5.41, 5.74) is 1.68. The molecule has 0 aliphatic carbocycles. The maximum Gasteiger partial charge on any atom is 0.270 e. The van der Waals surface area contributed by atoms with Crippen LogP contribution >= 0.6 is 0 Å². The molecule has 1 N–H and O–H groups in total. The monoisotopic (exact) mass is 310 g/mol. The summed E-state index contributed by atoms with van der Waals surface area (Å²) in [6.07, 6.45) is 5.23. The fraction of sp³-hybridized carbons (Fsp3) is 0.353. The number of carbonyl (C=O) groups excluding carboxylic acids is 2. The molecule has 2 atom stereocenters. The molecular formula is C17H18N4O2. The first kappa shape index (κ1) is 14.0. The minimum absolute atomic E-state index is 0.0158. The van der Waals surface area contributed by atoms with Crippen molar-refractivity contribution >= 4 is 11.8 Å². The van der Waals surface area contributed by atoms with E-state index < -0.39 is 0 Å². The Hall–Kier alpha value is -2.63. The molecule has 2 fully saturated rings. The van der Waals surface area contributed by atoms with Gasteiger partial charge in [-0.1, -0.05) is 0 Å². The first-order valence-corrected chi connectivity index (χ1v) is 7.83. The van der Waals surface area contributed by atoms with Crippen LogP contribution in [0.1, 0.15) is 16.1 Å². The van der Waals surface area contributed by atoms with Crippen LogP contribution < -0.4 is 0 Å². The summed E-state index contributed by atoms with van der Waals surface area (Å²) >= 11 is 0. The van der Waals surface area contributed by atoms with E-state index in [0.29, 0.717) is 25.3 Å². The van der Waals surface area contributed by atoms with Crippen molar-refractivity contribution in [3.8, 4) is 0 Å². The Bertz CT molecular complexity index is 713. The molecule has 2 aromatic heterocycles. The van der Waals surface area contributed by atoms with Crippen LogP contribution in [-0.2, 0) is 11.3 Å². The van der Waals surface area contributed by atoms with E-state index >= 15 is 0 Å². The fourth-order valence-electron chi connectivity index (χ4n) is 3.59. The van der Waals surface area contributed by atoms with Gasteiger partial charge in [0.25, 0.3) is 5.91 Å². The Labute approximate surface area is 134 Å². The molecule has 118 valence electrons. The molecule has 2 aromatic rings. The molecule has 2 saturated heterocycles. The molecular weight excluding hydrogens is 292 g/mol. The second-order valence-corrected chi connectivity index (χ2v) is 6.23. The van der Waals surface area contributed by atoms with Crippen molar-refractivity contribution in [2.24, 2.45) is 11.8 Å². The molecule has 0 radical (unpaired) electrons. The zero-order valence-corrected chi connectivity index (χ0v) is 12.7. The van der Waals surface area contributed by atoms with E-state index in [0.717, 1.165) is 12.1 Å². The van der Waals surface area contributed by atoms with Gasteiger partial charge < -0.3 is 14.8 Å². The number of hydrogen-bond donors (Lipinski definition) is 1. The highest BCUT2D eigenvalue weighted by Gasteiger charge is 2.47. The number of aromatic amines is 1. The van der Waals surface area contributed by atoms with Crippen molar-refractivity contribution in [3.63, 3.8) is 0 Å². The Kier molecular flexibility index (Phi) is 3.37. The van der Waals surface area contributed by atoms with Crippen LogP contribution in [0, 0.1) is 11.8 Å². The molecule has 0 unspecified atom stereocenters. The van der Waals surface area contributed by atoms with E-state index in [1.54, 1.807) is 29.6 Å². The summed E-state index contributed by atoms with van der Waals surface area (Å²) in [5, 5.41) is 0. The van der Waals surface area contributed by atoms with Crippen molar-refractivity contribution in [1.29, 1.82) is 0 Å². The highest BCUT2D eigenvalue weighted by molar-refractivity contribution is 5.93. The first-order valence-electron chi connectivity index (χ1n) is 7.83. The van der Waals surface area contributed by atoms with Crippen LogP contribution in [0.3, 0.4) is 0 Å². The predicted molar refractivity (Wildman–Crippen MR) is 83.3 cm³/mol. The molecule has 23 heavy (non-hydrogen) atoms. The van der Waals surface area contributed by atoms with Gasteiger partial charge in [0.1, 0.15) is 5.69 Å². The lowest BCUT2D eigenvalue weighted by Gasteiger charge is -2.21. The van der Waals surface area contributed by atoms with Crippen molar-refractivity contribution in [1.82, 2.24) is 19.8 Å². The molecule has 0 aromatic carbocycles. The predicted octanol–water partition coefficient (Wildman–Crippen LogP) is 1.14. The second-order valence-electron chi connectivity index (χ2n) is 6.23. The lowest BCUT2D eigenvalue weighted by molar-refractivity contribution is -0.131. The summed E-state index contributed by atoms with van der Waals surface area (Å²) < 4.78 is 0. The summed E-state index contributed by atoms with van der Waals surface area (Å²) in [4.78, 5) is 35.6. The highest BCUT2D eigenvalue weighted by Crippen LogP contribution is 2.33. The van der Waals surface area contributed by atoms with Crippen molar-refractivity contribution in [2.75, 3.05) is 19.6 Å². The summed E-state index contributed by atoms with van der Waals surface area (Å²) in [6.45, 7) is 2.52. The number of fused-ring (bicyclic) bond motifs is 1. The normalized spacial score (nSPS) is 23.4. The molecule has 4 rings (SSSR count). The van der Waals surface area contributed by atoms with Crippen molar-refractivity contribution in [2.45, 2.75) is 6.54 Å². The van der Waals surface area contributed by atoms with Gasteiger partial charge in [0.2, 0.25) is 5.91 Å². The first-order chi connectivity index (χ1) is 11.2. The summed E-state index contributed by atoms with van der Waals surface area (Å²) in [7, 11) is 0. The minimum atomic E-state index is -0.0595. The van der Waals surface area contributed by atoms with Crippen LogP contribution in [0.25, 0.3) is 0 Å². The zero-order chi connectivity index (χ0) is 15.8. The van der Waals surface area contributed by atoms with E-state index in [-0.39, 0.29) is 23.7 Å². The molecule has 4 heterocycles. The third-order valence-electron chi connectivity index (χ3n) is 4.76. The minimum Gasteiger partial charge on any atom is -0.357 e. The van der Waals surface area contributed by atoms with Gasteiger partial charge in [0.15, 0.2) is 0 Å². The van der Waals surface area contributed by atoms with Gasteiger partial charge in [-0.05, 0) is 29.8 Å². The number of hydrogen-bond acceptors (Lipinski definition) is 3. The zero-order valence-electron chi connectivity index (χ0n) is 12.7. The second kappa shape index (κ2) is 5.53. The van der Waals surface area contributed by atoms with Crippen LogP contribution in [0.4, 0.5) is 0 Å². The Morgan fingerprint density at radius 1 is 1.22 bits per heavy atom. The molecule has 0 spiro atoms. The topological polar surface area (TPSA) is 69.3 Å². The lowest BCUT2D eigenvalue weighted by atomic mass is 10.0. The number of nitrogens with zero attached hydrogens (tertiary/aromatic N) is 3. The standard InChI is InChI=1S/C17H18N4O2/c22-16-14-11-21(17(23)15-2-1-5-19-15)10-13(14)9-20(16)8-12-3-6-18-7-4-12/h1-7,13-14,19H,8-11H2/t13-,14+/m0/s1. The molecule has 2 amide bonds. The number of carbonyl (C=O) groups is 2. The number of aromatic nitrogens is 2. The third kappa shape index (κ3) is 2.50. The van der Waals surface area contributed by atoms with Crippen molar-refractivity contribution in [3.05, 3.63) is 54.1 Å². The highest BCUT2D eigenvalue weighted by atomic mass is 16.2. The van der Waals surface area contributed by atoms with Crippen LogP contribution in [-0.4, -0.2) is 51.2 Å². The average molecular weight is 310 g/mol. The van der Waals surface area contributed by atoms with Gasteiger partial charge in [0.05, 0.1) is 5.92 Å². The van der Waals surface area contributed by atoms with E-state index in [2.05, 4.69) is 9.97 Å². The molecule has 2 aliphatic rings. The third-order valence-corrected chi connectivity index (χ3v) is 4.76. The Balaban J connectivity index is 1.42. The average Bonchev–Trinajstić information content (AvgIpc) is 3.28. The van der Waals surface area contributed by atoms with Gasteiger partial charge in [-0.25, -0.2) is 0 Å². The molecule has 6 heteroatoms. The number of nitrogens with one attached hydrogen (secondary N) is 1. The van der Waals surface area contributed by atoms with Crippen LogP contribution in [0.15, 0.2) is 42.9 Å². The quantitative estimate of drug-likeness (QED) is 0.924. The molecule has 2 aliphatic heterocycles. The van der Waals surface area contributed by atoms with E-state index in [1.807, 2.05) is 23.1 Å². The smallest absolute Gasteiger partial charge is 0.270 e. The SMILES string of the molecule is O=C(c1ccc[nH]1)N1C[C@@H]2CN(Cc3ccncc3)C(=O)[C@@H]2C1. The van der Waals surface area contributed by atoms with E-state index in [9.17, 15) is 9.59 Å². The van der Waals surface area contributed by atoms with E-state index in [4.69, 9.17) is 0 Å².